The molecule has 6 nitrogen and oxygen atoms in total. The van der Waals surface area contributed by atoms with Gasteiger partial charge in [-0.2, -0.15) is 0 Å². The molecule has 2 amide bonds. The second kappa shape index (κ2) is 5.50. The molecule has 0 aliphatic carbocycles. The number of methoxy groups -OCH3 is 1. The lowest BCUT2D eigenvalue weighted by molar-refractivity contribution is -0.139. The number of amides is 2. The second-order valence-electron chi connectivity index (χ2n) is 2.23. The monoisotopic (exact) mass is 175 g/mol. The Bertz CT molecular complexity index is 171. The third-order valence-corrected chi connectivity index (χ3v) is 1.29. The Morgan fingerprint density at radius 2 is 2.08 bits per heavy atom. The number of rotatable bonds is 3. The molecule has 0 rings (SSSR count). The minimum absolute atomic E-state index is 0.125. The smallest absolute Gasteiger partial charge is 0.323 e. The fourth-order valence-electron chi connectivity index (χ4n) is 0.466. The van der Waals surface area contributed by atoms with Crippen molar-refractivity contribution in [3.05, 3.63) is 0 Å². The Labute approximate surface area is 70.4 Å². The topological polar surface area (TPSA) is 93.4 Å². The summed E-state index contributed by atoms with van der Waals surface area (Å²) < 4.78 is 4.84. The van der Waals surface area contributed by atoms with Crippen molar-refractivity contribution < 1.29 is 14.3 Å². The van der Waals surface area contributed by atoms with E-state index in [1.807, 2.05) is 0 Å². The van der Waals surface area contributed by atoms with Crippen LogP contribution in [-0.4, -0.2) is 31.6 Å². The van der Waals surface area contributed by atoms with E-state index in [4.69, 9.17) is 10.6 Å². The van der Waals surface area contributed by atoms with Crippen LogP contribution in [0.5, 0.6) is 0 Å². The maximum Gasteiger partial charge on any atom is 0.323 e. The summed E-state index contributed by atoms with van der Waals surface area (Å²) in [5.74, 6) is 3.09. The number of hydrogen-bond acceptors (Lipinski definition) is 4. The molecule has 0 saturated carbocycles. The highest BCUT2D eigenvalue weighted by Crippen LogP contribution is 1.82. The molecular formula is C6H13N3O3. The standard InChI is InChI=1S/C6H13N3O3/c1-4(12-2)3-8-5(10)6(11)9-7/h4H,3,7H2,1-2H3,(H,8,10)(H,9,11). The first kappa shape index (κ1) is 10.9. The quantitative estimate of drug-likeness (QED) is 0.203. The average molecular weight is 175 g/mol. The van der Waals surface area contributed by atoms with Crippen LogP contribution in [0.2, 0.25) is 0 Å². The molecule has 0 aromatic rings. The Morgan fingerprint density at radius 3 is 2.50 bits per heavy atom. The SMILES string of the molecule is COC(C)CNC(=O)C(=O)NN. The van der Waals surface area contributed by atoms with Crippen molar-refractivity contribution in [3.8, 4) is 0 Å². The molecule has 0 heterocycles. The molecule has 0 spiro atoms. The molecule has 0 saturated heterocycles. The number of nitrogens with two attached hydrogens (primary N) is 1. The Balaban J connectivity index is 3.64. The van der Waals surface area contributed by atoms with Gasteiger partial charge in [-0.1, -0.05) is 0 Å². The molecule has 0 aromatic heterocycles. The van der Waals surface area contributed by atoms with Gasteiger partial charge in [0.15, 0.2) is 0 Å². The zero-order chi connectivity index (χ0) is 9.56. The molecule has 70 valence electrons. The summed E-state index contributed by atoms with van der Waals surface area (Å²) in [7, 11) is 1.51. The molecule has 0 fully saturated rings. The first-order valence-corrected chi connectivity index (χ1v) is 3.43. The summed E-state index contributed by atoms with van der Waals surface area (Å²) in [6.07, 6.45) is -0.125. The number of nitrogens with one attached hydrogen (secondary N) is 2. The zero-order valence-electron chi connectivity index (χ0n) is 7.09. The van der Waals surface area contributed by atoms with Crippen molar-refractivity contribution in [2.45, 2.75) is 13.0 Å². The molecule has 12 heavy (non-hydrogen) atoms. The molecular weight excluding hydrogens is 162 g/mol. The van der Waals surface area contributed by atoms with Crippen LogP contribution in [0.25, 0.3) is 0 Å². The molecule has 0 aliphatic rings. The van der Waals surface area contributed by atoms with Crippen LogP contribution < -0.4 is 16.6 Å². The second-order valence-corrected chi connectivity index (χ2v) is 2.23. The Morgan fingerprint density at radius 1 is 1.50 bits per heavy atom. The van der Waals surface area contributed by atoms with Crippen molar-refractivity contribution in [3.63, 3.8) is 0 Å². The molecule has 1 unspecified atom stereocenters. The largest absolute Gasteiger partial charge is 0.380 e. The summed E-state index contributed by atoms with van der Waals surface area (Å²) in [6.45, 7) is 2.05. The van der Waals surface area contributed by atoms with Gasteiger partial charge in [0.05, 0.1) is 6.10 Å². The predicted molar refractivity (Wildman–Crippen MR) is 41.8 cm³/mol. The van der Waals surface area contributed by atoms with E-state index in [9.17, 15) is 9.59 Å². The highest BCUT2D eigenvalue weighted by Gasteiger charge is 2.11. The Hall–Kier alpha value is -1.14. The summed E-state index contributed by atoms with van der Waals surface area (Å²) in [6, 6.07) is 0. The molecule has 4 N–H and O–H groups in total. The summed E-state index contributed by atoms with van der Waals surface area (Å²) in [4.78, 5) is 21.3. The number of carbonyl (C=O) groups excluding carboxylic acids is 2. The summed E-state index contributed by atoms with van der Waals surface area (Å²) in [5, 5.41) is 2.33. The van der Waals surface area contributed by atoms with Gasteiger partial charge in [-0.25, -0.2) is 5.84 Å². The highest BCUT2D eigenvalue weighted by atomic mass is 16.5. The van der Waals surface area contributed by atoms with Gasteiger partial charge in [0.25, 0.3) is 0 Å². The molecule has 0 bridgehead atoms. The van der Waals surface area contributed by atoms with Crippen molar-refractivity contribution in [2.75, 3.05) is 13.7 Å². The zero-order valence-corrected chi connectivity index (χ0v) is 7.09. The number of ether oxygens (including phenoxy) is 1. The van der Waals surface area contributed by atoms with E-state index in [1.54, 1.807) is 12.3 Å². The lowest BCUT2D eigenvalue weighted by Gasteiger charge is -2.09. The van der Waals surface area contributed by atoms with Gasteiger partial charge in [0, 0.05) is 13.7 Å². The first-order valence-electron chi connectivity index (χ1n) is 3.43. The van der Waals surface area contributed by atoms with E-state index in [0.717, 1.165) is 0 Å². The maximum absolute atomic E-state index is 10.7. The van der Waals surface area contributed by atoms with E-state index < -0.39 is 11.8 Å². The van der Waals surface area contributed by atoms with Crippen molar-refractivity contribution in [2.24, 2.45) is 5.84 Å². The normalized spacial score (nSPS) is 11.9. The van der Waals surface area contributed by atoms with Crippen molar-refractivity contribution >= 4 is 11.8 Å². The molecule has 0 aromatic carbocycles. The first-order chi connectivity index (χ1) is 5.61. The van der Waals surface area contributed by atoms with Gasteiger partial charge in [-0.05, 0) is 6.92 Å². The predicted octanol–water partition coefficient (Wildman–Crippen LogP) is -1.87. The van der Waals surface area contributed by atoms with E-state index in [2.05, 4.69) is 5.32 Å². The Kier molecular flexibility index (Phi) is 4.98. The van der Waals surface area contributed by atoms with E-state index in [1.165, 1.54) is 7.11 Å². The fourth-order valence-corrected chi connectivity index (χ4v) is 0.466. The lowest BCUT2D eigenvalue weighted by Crippen LogP contribution is -2.45. The van der Waals surface area contributed by atoms with Crippen LogP contribution in [0, 0.1) is 0 Å². The van der Waals surface area contributed by atoms with Crippen molar-refractivity contribution in [1.82, 2.24) is 10.7 Å². The van der Waals surface area contributed by atoms with Gasteiger partial charge in [-0.3, -0.25) is 15.0 Å². The minimum Gasteiger partial charge on any atom is -0.380 e. The van der Waals surface area contributed by atoms with Crippen LogP contribution in [0.15, 0.2) is 0 Å². The van der Waals surface area contributed by atoms with Crippen LogP contribution in [-0.2, 0) is 14.3 Å². The van der Waals surface area contributed by atoms with Gasteiger partial charge in [0.2, 0.25) is 0 Å². The number of hydrazine groups is 1. The van der Waals surface area contributed by atoms with Gasteiger partial charge in [-0.15, -0.1) is 0 Å². The maximum atomic E-state index is 10.7. The van der Waals surface area contributed by atoms with Crippen LogP contribution in [0.4, 0.5) is 0 Å². The van der Waals surface area contributed by atoms with E-state index in [-0.39, 0.29) is 12.6 Å². The summed E-state index contributed by atoms with van der Waals surface area (Å²) >= 11 is 0. The molecule has 0 aliphatic heterocycles. The molecule has 1 atom stereocenters. The molecule has 0 radical (unpaired) electrons. The number of hydrogen-bond donors (Lipinski definition) is 3. The summed E-state index contributed by atoms with van der Waals surface area (Å²) in [5.41, 5.74) is 1.71. The third-order valence-electron chi connectivity index (χ3n) is 1.29. The highest BCUT2D eigenvalue weighted by molar-refractivity contribution is 6.34. The van der Waals surface area contributed by atoms with Crippen LogP contribution >= 0.6 is 0 Å². The van der Waals surface area contributed by atoms with Crippen LogP contribution in [0.3, 0.4) is 0 Å². The molecule has 6 heteroatoms. The van der Waals surface area contributed by atoms with Crippen molar-refractivity contribution in [1.29, 1.82) is 0 Å². The van der Waals surface area contributed by atoms with Gasteiger partial charge in [0.1, 0.15) is 0 Å². The lowest BCUT2D eigenvalue weighted by atomic mass is 10.4. The average Bonchev–Trinajstić information content (AvgIpc) is 2.11. The van der Waals surface area contributed by atoms with Crippen LogP contribution in [0.1, 0.15) is 6.92 Å². The van der Waals surface area contributed by atoms with Gasteiger partial charge >= 0.3 is 11.8 Å². The third kappa shape index (κ3) is 3.89. The fraction of sp³-hybridized carbons (Fsp3) is 0.667. The minimum atomic E-state index is -0.863. The van der Waals surface area contributed by atoms with E-state index >= 15 is 0 Å². The number of carbonyl (C=O) groups is 2. The van der Waals surface area contributed by atoms with E-state index in [0.29, 0.717) is 0 Å². The van der Waals surface area contributed by atoms with Gasteiger partial charge < -0.3 is 10.1 Å².